The molecule has 2 aromatic carbocycles. The third-order valence-corrected chi connectivity index (χ3v) is 4.85. The molecule has 0 saturated carbocycles. The minimum atomic E-state index is -0.216. The van der Waals surface area contributed by atoms with Crippen molar-refractivity contribution in [3.63, 3.8) is 0 Å². The molecule has 138 valence electrons. The lowest BCUT2D eigenvalue weighted by Gasteiger charge is -2.36. The number of carbonyl (C=O) groups excluding carboxylic acids is 1. The number of urea groups is 1. The molecule has 0 unspecified atom stereocenters. The second-order valence-electron chi connectivity index (χ2n) is 6.20. The molecule has 1 fully saturated rings. The third-order valence-electron chi connectivity index (χ3n) is 4.36. The minimum Gasteiger partial charge on any atom is -0.369 e. The predicted molar refractivity (Wildman–Crippen MR) is 109 cm³/mol. The Bertz CT molecular complexity index is 731. The summed E-state index contributed by atoms with van der Waals surface area (Å²) in [5, 5.41) is 7.02. The predicted octanol–water partition coefficient (Wildman–Crippen LogP) is 3.94. The van der Waals surface area contributed by atoms with Gasteiger partial charge in [-0.2, -0.15) is 0 Å². The highest BCUT2D eigenvalue weighted by atomic mass is 35.5. The SMILES string of the molecule is O=C(NCCN1CCN(c2ccc(Cl)cc2)CC1)Nc1cccc(Cl)c1. The van der Waals surface area contributed by atoms with Crippen LogP contribution in [0.25, 0.3) is 0 Å². The van der Waals surface area contributed by atoms with E-state index in [2.05, 4.69) is 32.6 Å². The lowest BCUT2D eigenvalue weighted by atomic mass is 10.2. The van der Waals surface area contributed by atoms with E-state index in [1.165, 1.54) is 5.69 Å². The van der Waals surface area contributed by atoms with Gasteiger partial charge in [-0.15, -0.1) is 0 Å². The van der Waals surface area contributed by atoms with E-state index in [1.54, 1.807) is 24.3 Å². The van der Waals surface area contributed by atoms with E-state index < -0.39 is 0 Å². The summed E-state index contributed by atoms with van der Waals surface area (Å²) in [6.45, 7) is 5.32. The first kappa shape index (κ1) is 18.8. The summed E-state index contributed by atoms with van der Waals surface area (Å²) in [4.78, 5) is 16.6. The molecule has 2 N–H and O–H groups in total. The number of anilines is 2. The van der Waals surface area contributed by atoms with Gasteiger partial charge in [-0.05, 0) is 42.5 Å². The Morgan fingerprint density at radius 2 is 1.69 bits per heavy atom. The van der Waals surface area contributed by atoms with Crippen molar-refractivity contribution in [2.45, 2.75) is 0 Å². The lowest BCUT2D eigenvalue weighted by molar-refractivity contribution is 0.240. The van der Waals surface area contributed by atoms with Gasteiger partial charge in [0.1, 0.15) is 0 Å². The fourth-order valence-corrected chi connectivity index (χ4v) is 3.27. The van der Waals surface area contributed by atoms with Crippen molar-refractivity contribution in [3.8, 4) is 0 Å². The number of nitrogens with one attached hydrogen (secondary N) is 2. The highest BCUT2D eigenvalue weighted by Crippen LogP contribution is 2.19. The Balaban J connectivity index is 1.36. The van der Waals surface area contributed by atoms with Gasteiger partial charge in [-0.3, -0.25) is 4.90 Å². The van der Waals surface area contributed by atoms with Gasteiger partial charge in [0.2, 0.25) is 0 Å². The summed E-state index contributed by atoms with van der Waals surface area (Å²) in [5.74, 6) is 0. The quantitative estimate of drug-likeness (QED) is 0.809. The maximum Gasteiger partial charge on any atom is 0.319 e. The third kappa shape index (κ3) is 5.53. The first-order chi connectivity index (χ1) is 12.6. The fraction of sp³-hybridized carbons (Fsp3) is 0.316. The number of hydrogen-bond donors (Lipinski definition) is 2. The van der Waals surface area contributed by atoms with E-state index in [0.29, 0.717) is 17.3 Å². The molecule has 3 rings (SSSR count). The number of halogens is 2. The van der Waals surface area contributed by atoms with Crippen molar-refractivity contribution in [1.82, 2.24) is 10.2 Å². The lowest BCUT2D eigenvalue weighted by Crippen LogP contribution is -2.48. The molecule has 0 aliphatic carbocycles. The maximum absolute atomic E-state index is 11.9. The molecule has 2 aromatic rings. The standard InChI is InChI=1S/C19H22Cl2N4O/c20-15-4-6-18(7-5-15)25-12-10-24(11-13-25)9-8-22-19(26)23-17-3-1-2-16(21)14-17/h1-7,14H,8-13H2,(H2,22,23,26). The molecule has 5 nitrogen and oxygen atoms in total. The van der Waals surface area contributed by atoms with Crippen LogP contribution in [-0.2, 0) is 0 Å². The van der Waals surface area contributed by atoms with Crippen LogP contribution in [0.3, 0.4) is 0 Å². The van der Waals surface area contributed by atoms with Crippen LogP contribution in [0.15, 0.2) is 48.5 Å². The molecular formula is C19H22Cl2N4O. The van der Waals surface area contributed by atoms with Crippen molar-refractivity contribution < 1.29 is 4.79 Å². The zero-order valence-corrected chi connectivity index (χ0v) is 15.9. The van der Waals surface area contributed by atoms with E-state index in [0.717, 1.165) is 37.7 Å². The molecule has 0 radical (unpaired) electrons. The van der Waals surface area contributed by atoms with Crippen molar-refractivity contribution >= 4 is 40.6 Å². The van der Waals surface area contributed by atoms with Crippen LogP contribution in [-0.4, -0.2) is 50.2 Å². The van der Waals surface area contributed by atoms with E-state index in [9.17, 15) is 4.79 Å². The molecule has 7 heteroatoms. The van der Waals surface area contributed by atoms with Crippen LogP contribution in [0.4, 0.5) is 16.2 Å². The van der Waals surface area contributed by atoms with Gasteiger partial charge in [0, 0.05) is 60.7 Å². The molecule has 26 heavy (non-hydrogen) atoms. The average molecular weight is 393 g/mol. The van der Waals surface area contributed by atoms with Gasteiger partial charge < -0.3 is 15.5 Å². The van der Waals surface area contributed by atoms with Gasteiger partial charge in [0.25, 0.3) is 0 Å². The Labute approximate surface area is 163 Å². The summed E-state index contributed by atoms with van der Waals surface area (Å²) in [6, 6.07) is 14.8. The van der Waals surface area contributed by atoms with E-state index in [1.807, 2.05) is 12.1 Å². The van der Waals surface area contributed by atoms with Gasteiger partial charge in [-0.25, -0.2) is 4.79 Å². The van der Waals surface area contributed by atoms with Crippen LogP contribution in [0.1, 0.15) is 0 Å². The molecule has 1 aliphatic heterocycles. The summed E-state index contributed by atoms with van der Waals surface area (Å²) >= 11 is 11.9. The fourth-order valence-electron chi connectivity index (χ4n) is 2.95. The van der Waals surface area contributed by atoms with Crippen LogP contribution in [0.5, 0.6) is 0 Å². The number of nitrogens with zero attached hydrogens (tertiary/aromatic N) is 2. The monoisotopic (exact) mass is 392 g/mol. The summed E-state index contributed by atoms with van der Waals surface area (Å²) < 4.78 is 0. The maximum atomic E-state index is 11.9. The van der Waals surface area contributed by atoms with Crippen LogP contribution in [0, 0.1) is 0 Å². The van der Waals surface area contributed by atoms with Crippen molar-refractivity contribution in [2.24, 2.45) is 0 Å². The smallest absolute Gasteiger partial charge is 0.319 e. The Hall–Kier alpha value is -1.95. The van der Waals surface area contributed by atoms with Gasteiger partial charge >= 0.3 is 6.03 Å². The molecule has 1 aliphatic rings. The van der Waals surface area contributed by atoms with E-state index in [-0.39, 0.29) is 6.03 Å². The molecule has 1 heterocycles. The number of benzene rings is 2. The highest BCUT2D eigenvalue weighted by molar-refractivity contribution is 6.31. The first-order valence-electron chi connectivity index (χ1n) is 8.63. The summed E-state index contributed by atoms with van der Waals surface area (Å²) in [7, 11) is 0. The Morgan fingerprint density at radius 3 is 2.38 bits per heavy atom. The molecule has 0 spiro atoms. The van der Waals surface area contributed by atoms with Crippen LogP contribution >= 0.6 is 23.2 Å². The number of piperazine rings is 1. The number of amides is 2. The van der Waals surface area contributed by atoms with Crippen molar-refractivity contribution in [3.05, 3.63) is 58.6 Å². The Morgan fingerprint density at radius 1 is 0.962 bits per heavy atom. The van der Waals surface area contributed by atoms with Gasteiger partial charge in [-0.1, -0.05) is 29.3 Å². The largest absolute Gasteiger partial charge is 0.369 e. The molecule has 1 saturated heterocycles. The average Bonchev–Trinajstić information content (AvgIpc) is 2.63. The molecule has 0 atom stereocenters. The van der Waals surface area contributed by atoms with Gasteiger partial charge in [0.05, 0.1) is 0 Å². The van der Waals surface area contributed by atoms with Crippen LogP contribution < -0.4 is 15.5 Å². The van der Waals surface area contributed by atoms with E-state index in [4.69, 9.17) is 23.2 Å². The zero-order chi connectivity index (χ0) is 18.4. The topological polar surface area (TPSA) is 47.6 Å². The minimum absolute atomic E-state index is 0.216. The molecule has 0 aromatic heterocycles. The number of rotatable bonds is 5. The normalized spacial score (nSPS) is 14.9. The second-order valence-corrected chi connectivity index (χ2v) is 7.07. The second kappa shape index (κ2) is 9.12. The van der Waals surface area contributed by atoms with Gasteiger partial charge in [0.15, 0.2) is 0 Å². The molecule has 2 amide bonds. The molecular weight excluding hydrogens is 371 g/mol. The van der Waals surface area contributed by atoms with Crippen LogP contribution in [0.2, 0.25) is 10.0 Å². The zero-order valence-electron chi connectivity index (χ0n) is 14.4. The van der Waals surface area contributed by atoms with Crippen molar-refractivity contribution in [2.75, 3.05) is 49.5 Å². The Kier molecular flexibility index (Phi) is 6.61. The van der Waals surface area contributed by atoms with E-state index >= 15 is 0 Å². The first-order valence-corrected chi connectivity index (χ1v) is 9.39. The highest BCUT2D eigenvalue weighted by Gasteiger charge is 2.17. The van der Waals surface area contributed by atoms with Crippen molar-refractivity contribution in [1.29, 1.82) is 0 Å². The molecule has 0 bridgehead atoms. The summed E-state index contributed by atoms with van der Waals surface area (Å²) in [6.07, 6.45) is 0. The number of carbonyl (C=O) groups is 1. The summed E-state index contributed by atoms with van der Waals surface area (Å²) in [5.41, 5.74) is 1.89. The number of hydrogen-bond acceptors (Lipinski definition) is 3.